The Labute approximate surface area is 220 Å². The molecule has 16 heteroatoms. The number of rotatable bonds is 23. The molecule has 2 atom stereocenters. The molecule has 2 amide bonds. The molecule has 16 nitrogen and oxygen atoms in total. The van der Waals surface area contributed by atoms with E-state index in [4.69, 9.17) is 11.5 Å². The number of unbranched alkanes of at least 4 members (excludes halogenated alkanes) is 2. The molecule has 218 valence electrons. The van der Waals surface area contributed by atoms with Crippen molar-refractivity contribution in [2.24, 2.45) is 11.5 Å². The number of nitrogens with one attached hydrogen (secondary N) is 2. The lowest BCUT2D eigenvalue weighted by Crippen LogP contribution is -2.50. The Hall–Kier alpha value is -3.34. The number of nitrogens with two attached hydrogens (primary N) is 2. The Morgan fingerprint density at radius 1 is 0.579 bits per heavy atom. The summed E-state index contributed by atoms with van der Waals surface area (Å²) in [7, 11) is 0. The SMILES string of the molecule is NCCCC[C@H](NC(=O)CN(CCN(CC(=O)O)CC(=O)N[C@H](CCCCN)C(=O)O)CC(=O)O)C(=O)O. The molecule has 10 N–H and O–H groups in total. The van der Waals surface area contributed by atoms with Crippen molar-refractivity contribution in [2.45, 2.75) is 50.6 Å². The predicted molar refractivity (Wildman–Crippen MR) is 133 cm³/mol. The van der Waals surface area contributed by atoms with Crippen LogP contribution in [-0.4, -0.2) is 130 Å². The fraction of sp³-hybridized carbons (Fsp3) is 0.727. The molecule has 0 aromatic carbocycles. The Morgan fingerprint density at radius 3 is 1.18 bits per heavy atom. The first-order chi connectivity index (χ1) is 17.9. The molecule has 0 fully saturated rings. The van der Waals surface area contributed by atoms with Gasteiger partial charge in [0.25, 0.3) is 0 Å². The smallest absolute Gasteiger partial charge is 0.326 e. The molecular weight excluding hydrogens is 508 g/mol. The fourth-order valence-electron chi connectivity index (χ4n) is 3.48. The highest BCUT2D eigenvalue weighted by Crippen LogP contribution is 2.03. The first-order valence-corrected chi connectivity index (χ1v) is 12.2. The normalized spacial score (nSPS) is 12.6. The molecule has 0 aliphatic rings. The highest BCUT2D eigenvalue weighted by atomic mass is 16.4. The number of hydrogen-bond acceptors (Lipinski definition) is 10. The van der Waals surface area contributed by atoms with Crippen molar-refractivity contribution in [1.82, 2.24) is 20.4 Å². The maximum absolute atomic E-state index is 12.4. The van der Waals surface area contributed by atoms with Crippen LogP contribution < -0.4 is 22.1 Å². The van der Waals surface area contributed by atoms with Crippen molar-refractivity contribution < 1.29 is 49.2 Å². The van der Waals surface area contributed by atoms with Crippen LogP contribution in [0.3, 0.4) is 0 Å². The molecule has 0 heterocycles. The van der Waals surface area contributed by atoms with Gasteiger partial charge in [-0.25, -0.2) is 9.59 Å². The summed E-state index contributed by atoms with van der Waals surface area (Å²) in [4.78, 5) is 72.5. The molecule has 0 aromatic heterocycles. The topological polar surface area (TPSA) is 266 Å². The highest BCUT2D eigenvalue weighted by molar-refractivity contribution is 5.85. The molecular formula is C22H40N6O10. The van der Waals surface area contributed by atoms with E-state index in [-0.39, 0.29) is 25.9 Å². The Bertz CT molecular complexity index is 733. The molecule has 0 saturated carbocycles. The van der Waals surface area contributed by atoms with Crippen LogP contribution in [0.4, 0.5) is 0 Å². The fourth-order valence-corrected chi connectivity index (χ4v) is 3.48. The van der Waals surface area contributed by atoms with Crippen LogP contribution in [0.2, 0.25) is 0 Å². The summed E-state index contributed by atoms with van der Waals surface area (Å²) in [6.07, 6.45) is 2.35. The van der Waals surface area contributed by atoms with Crippen LogP contribution in [0, 0.1) is 0 Å². The number of amides is 2. The molecule has 0 aliphatic heterocycles. The minimum Gasteiger partial charge on any atom is -0.480 e. The zero-order valence-corrected chi connectivity index (χ0v) is 21.3. The van der Waals surface area contributed by atoms with E-state index in [1.807, 2.05) is 0 Å². The van der Waals surface area contributed by atoms with E-state index in [0.717, 1.165) is 9.80 Å². The predicted octanol–water partition coefficient (Wildman–Crippen LogP) is -2.84. The number of hydrogen-bond donors (Lipinski definition) is 8. The van der Waals surface area contributed by atoms with Gasteiger partial charge < -0.3 is 42.5 Å². The number of carbonyl (C=O) groups is 6. The number of carboxylic acids is 4. The average Bonchev–Trinajstić information content (AvgIpc) is 2.80. The third-order valence-corrected chi connectivity index (χ3v) is 5.35. The van der Waals surface area contributed by atoms with Crippen LogP contribution in [0.1, 0.15) is 38.5 Å². The van der Waals surface area contributed by atoms with Gasteiger partial charge in [0.05, 0.1) is 26.2 Å². The van der Waals surface area contributed by atoms with Gasteiger partial charge in [-0.1, -0.05) is 0 Å². The Balaban J connectivity index is 5.17. The summed E-state index contributed by atoms with van der Waals surface area (Å²) in [5, 5.41) is 41.7. The summed E-state index contributed by atoms with van der Waals surface area (Å²) in [5.74, 6) is -6.53. The first-order valence-electron chi connectivity index (χ1n) is 12.2. The quantitative estimate of drug-likeness (QED) is 0.0598. The minimum absolute atomic E-state index is 0.141. The van der Waals surface area contributed by atoms with Crippen molar-refractivity contribution in [3.8, 4) is 0 Å². The number of aliphatic carboxylic acids is 4. The van der Waals surface area contributed by atoms with Gasteiger partial charge in [0, 0.05) is 13.1 Å². The third kappa shape index (κ3) is 17.2. The first kappa shape index (κ1) is 34.7. The molecule has 0 saturated heterocycles. The van der Waals surface area contributed by atoms with E-state index in [1.54, 1.807) is 0 Å². The van der Waals surface area contributed by atoms with Crippen molar-refractivity contribution >= 4 is 35.7 Å². The van der Waals surface area contributed by atoms with Crippen molar-refractivity contribution in [2.75, 3.05) is 52.4 Å². The van der Waals surface area contributed by atoms with Gasteiger partial charge in [0.15, 0.2) is 0 Å². The van der Waals surface area contributed by atoms with E-state index in [1.165, 1.54) is 0 Å². The van der Waals surface area contributed by atoms with Gasteiger partial charge in [-0.15, -0.1) is 0 Å². The Morgan fingerprint density at radius 2 is 0.921 bits per heavy atom. The summed E-state index contributed by atoms with van der Waals surface area (Å²) in [6, 6.07) is -2.36. The largest absolute Gasteiger partial charge is 0.480 e. The second kappa shape index (κ2) is 19.7. The average molecular weight is 549 g/mol. The van der Waals surface area contributed by atoms with Crippen LogP contribution >= 0.6 is 0 Å². The summed E-state index contributed by atoms with van der Waals surface area (Å²) >= 11 is 0. The lowest BCUT2D eigenvalue weighted by molar-refractivity contribution is -0.143. The number of carboxylic acid groups (broad SMARTS) is 4. The molecule has 0 aliphatic carbocycles. The van der Waals surface area contributed by atoms with Crippen LogP contribution in [0.15, 0.2) is 0 Å². The molecule has 0 bridgehead atoms. The maximum atomic E-state index is 12.4. The Kier molecular flexibility index (Phi) is 18.0. The summed E-state index contributed by atoms with van der Waals surface area (Å²) in [6.45, 7) is -1.74. The van der Waals surface area contributed by atoms with Gasteiger partial charge in [0.2, 0.25) is 11.8 Å². The van der Waals surface area contributed by atoms with Crippen molar-refractivity contribution in [3.05, 3.63) is 0 Å². The highest BCUT2D eigenvalue weighted by Gasteiger charge is 2.24. The lowest BCUT2D eigenvalue weighted by Gasteiger charge is -2.26. The monoisotopic (exact) mass is 548 g/mol. The molecule has 0 unspecified atom stereocenters. The van der Waals surface area contributed by atoms with Gasteiger partial charge in [-0.3, -0.25) is 29.0 Å². The van der Waals surface area contributed by atoms with E-state index in [0.29, 0.717) is 38.8 Å². The van der Waals surface area contributed by atoms with Gasteiger partial charge in [-0.2, -0.15) is 0 Å². The van der Waals surface area contributed by atoms with Crippen LogP contribution in [0.25, 0.3) is 0 Å². The molecule has 0 rings (SSSR count). The van der Waals surface area contributed by atoms with Gasteiger partial charge >= 0.3 is 23.9 Å². The lowest BCUT2D eigenvalue weighted by atomic mass is 10.1. The van der Waals surface area contributed by atoms with E-state index in [9.17, 15) is 49.2 Å². The summed E-state index contributed by atoms with van der Waals surface area (Å²) in [5.41, 5.74) is 10.8. The standard InChI is InChI=1S/C22H40N6O10/c23-7-3-1-5-15(21(35)36)25-17(29)11-27(13-19(31)32)9-10-28(14-20(33)34)12-18(30)26-16(22(37)38)6-2-4-8-24/h15-16H,1-14,23-24H2,(H,25,29)(H,26,30)(H,31,32)(H,33,34)(H,35,36)(H,37,38)/t15-,16+. The van der Waals surface area contributed by atoms with Crippen LogP contribution in [-0.2, 0) is 28.8 Å². The minimum atomic E-state index is -1.28. The van der Waals surface area contributed by atoms with E-state index in [2.05, 4.69) is 10.6 Å². The molecule has 0 spiro atoms. The maximum Gasteiger partial charge on any atom is 0.326 e. The number of nitrogens with zero attached hydrogens (tertiary/aromatic N) is 2. The van der Waals surface area contributed by atoms with Gasteiger partial charge in [-0.05, 0) is 51.6 Å². The third-order valence-electron chi connectivity index (χ3n) is 5.35. The zero-order chi connectivity index (χ0) is 29.1. The second-order valence-electron chi connectivity index (χ2n) is 8.69. The van der Waals surface area contributed by atoms with Crippen molar-refractivity contribution in [1.29, 1.82) is 0 Å². The molecule has 38 heavy (non-hydrogen) atoms. The zero-order valence-electron chi connectivity index (χ0n) is 21.3. The van der Waals surface area contributed by atoms with E-state index >= 15 is 0 Å². The van der Waals surface area contributed by atoms with Crippen LogP contribution in [0.5, 0.6) is 0 Å². The number of carbonyl (C=O) groups excluding carboxylic acids is 2. The molecule has 0 radical (unpaired) electrons. The second-order valence-corrected chi connectivity index (χ2v) is 8.69. The van der Waals surface area contributed by atoms with Crippen molar-refractivity contribution in [3.63, 3.8) is 0 Å². The van der Waals surface area contributed by atoms with E-state index < -0.39 is 74.0 Å². The molecule has 0 aromatic rings. The summed E-state index contributed by atoms with van der Waals surface area (Å²) < 4.78 is 0. The van der Waals surface area contributed by atoms with Gasteiger partial charge in [0.1, 0.15) is 12.1 Å².